The number of nitrogens with zero attached hydrogens (tertiary/aromatic N) is 4. The number of hydrogen-bond donors (Lipinski definition) is 1. The van der Waals surface area contributed by atoms with Crippen LogP contribution in [0.3, 0.4) is 0 Å². The molecule has 3 heterocycles. The molecule has 2 aromatic heterocycles. The molecule has 35 heavy (non-hydrogen) atoms. The van der Waals surface area contributed by atoms with E-state index in [2.05, 4.69) is 22.1 Å². The van der Waals surface area contributed by atoms with E-state index < -0.39 is 0 Å². The van der Waals surface area contributed by atoms with E-state index in [0.29, 0.717) is 22.1 Å². The Labute approximate surface area is 209 Å². The van der Waals surface area contributed by atoms with Crippen molar-refractivity contribution in [3.05, 3.63) is 77.4 Å². The Balaban J connectivity index is 1.41. The summed E-state index contributed by atoms with van der Waals surface area (Å²) >= 11 is 1.45. The topological polar surface area (TPSA) is 72.3 Å². The number of methoxy groups -OCH3 is 1. The normalized spacial score (nSPS) is 16.2. The van der Waals surface area contributed by atoms with Gasteiger partial charge in [0.25, 0.3) is 5.91 Å². The average molecular weight is 488 g/mol. The molecular weight excluding hydrogens is 458 g/mol. The number of thiazole rings is 1. The molecule has 0 saturated carbocycles. The number of ether oxygens (including phenoxy) is 1. The van der Waals surface area contributed by atoms with Crippen LogP contribution >= 0.6 is 11.3 Å². The maximum atomic E-state index is 13.4. The number of carbonyl (C=O) groups excluding carboxylic acids is 1. The van der Waals surface area contributed by atoms with Crippen molar-refractivity contribution in [3.8, 4) is 22.7 Å². The molecule has 1 aliphatic heterocycles. The fraction of sp³-hybridized carbons (Fsp3) is 0.296. The number of likely N-dealkylation sites (tertiary alicyclic amines) is 1. The number of rotatable bonds is 7. The van der Waals surface area contributed by atoms with Crippen LogP contribution in [0.15, 0.2) is 66.2 Å². The van der Waals surface area contributed by atoms with E-state index in [1.54, 1.807) is 18.0 Å². The van der Waals surface area contributed by atoms with Crippen molar-refractivity contribution in [2.45, 2.75) is 26.3 Å². The van der Waals surface area contributed by atoms with Crippen LogP contribution in [0.4, 0.5) is 5.13 Å². The summed E-state index contributed by atoms with van der Waals surface area (Å²) in [6.45, 7) is 5.31. The average Bonchev–Trinajstić information content (AvgIpc) is 3.52. The van der Waals surface area contributed by atoms with Gasteiger partial charge in [-0.15, -0.1) is 11.3 Å². The molecule has 180 valence electrons. The third-order valence-electron chi connectivity index (χ3n) is 6.24. The Hall–Kier alpha value is -3.49. The molecule has 1 aliphatic rings. The quantitative estimate of drug-likeness (QED) is 0.373. The van der Waals surface area contributed by atoms with E-state index in [9.17, 15) is 4.79 Å². The maximum absolute atomic E-state index is 13.4. The van der Waals surface area contributed by atoms with Crippen LogP contribution in [-0.2, 0) is 6.54 Å². The number of benzene rings is 2. The van der Waals surface area contributed by atoms with Gasteiger partial charge in [-0.1, -0.05) is 37.3 Å². The molecule has 0 bridgehead atoms. The van der Waals surface area contributed by atoms with Crippen molar-refractivity contribution in [1.29, 1.82) is 0 Å². The molecule has 1 saturated heterocycles. The van der Waals surface area contributed by atoms with Crippen LogP contribution in [0, 0.1) is 5.92 Å². The van der Waals surface area contributed by atoms with E-state index >= 15 is 0 Å². The lowest BCUT2D eigenvalue weighted by Gasteiger charge is -2.30. The second-order valence-electron chi connectivity index (χ2n) is 8.95. The largest absolute Gasteiger partial charge is 0.496 e. The minimum atomic E-state index is -0.249. The smallest absolute Gasteiger partial charge is 0.261 e. The summed E-state index contributed by atoms with van der Waals surface area (Å²) in [5.41, 5.74) is 3.64. The molecule has 0 radical (unpaired) electrons. The predicted molar refractivity (Wildman–Crippen MR) is 139 cm³/mol. The van der Waals surface area contributed by atoms with E-state index in [1.165, 1.54) is 24.2 Å². The Kier molecular flexibility index (Phi) is 6.92. The minimum absolute atomic E-state index is 0.249. The van der Waals surface area contributed by atoms with Gasteiger partial charge in [0, 0.05) is 30.2 Å². The lowest BCUT2D eigenvalue weighted by molar-refractivity contribution is 0.102. The monoisotopic (exact) mass is 487 g/mol. The molecular formula is C27H29N5O2S. The van der Waals surface area contributed by atoms with Gasteiger partial charge in [0.05, 0.1) is 24.1 Å². The molecule has 0 aliphatic carbocycles. The van der Waals surface area contributed by atoms with Crippen molar-refractivity contribution in [3.63, 3.8) is 0 Å². The third kappa shape index (κ3) is 5.28. The van der Waals surface area contributed by atoms with Crippen LogP contribution in [0.25, 0.3) is 16.9 Å². The SMILES string of the molecule is COc1ccccc1-c1nn(-c2ccccc2)cc1C(=O)Nc1nc(CN2CCCC(C)C2)cs1. The minimum Gasteiger partial charge on any atom is -0.496 e. The van der Waals surface area contributed by atoms with Crippen molar-refractivity contribution in [2.24, 2.45) is 5.92 Å². The van der Waals surface area contributed by atoms with Crippen molar-refractivity contribution in [2.75, 3.05) is 25.5 Å². The molecule has 8 heteroatoms. The fourth-order valence-electron chi connectivity index (χ4n) is 4.55. The highest BCUT2D eigenvalue weighted by Gasteiger charge is 2.22. The highest BCUT2D eigenvalue weighted by Crippen LogP contribution is 2.32. The summed E-state index contributed by atoms with van der Waals surface area (Å²) < 4.78 is 7.28. The van der Waals surface area contributed by atoms with Crippen LogP contribution < -0.4 is 10.1 Å². The van der Waals surface area contributed by atoms with Gasteiger partial charge in [-0.25, -0.2) is 9.67 Å². The number of aromatic nitrogens is 3. The number of hydrogen-bond acceptors (Lipinski definition) is 6. The van der Waals surface area contributed by atoms with Gasteiger partial charge < -0.3 is 4.74 Å². The molecule has 1 N–H and O–H groups in total. The zero-order chi connectivity index (χ0) is 24.2. The van der Waals surface area contributed by atoms with Gasteiger partial charge in [0.1, 0.15) is 11.4 Å². The number of para-hydroxylation sites is 2. The predicted octanol–water partition coefficient (Wildman–Crippen LogP) is 5.49. The van der Waals surface area contributed by atoms with Gasteiger partial charge in [-0.3, -0.25) is 15.0 Å². The van der Waals surface area contributed by atoms with E-state index in [-0.39, 0.29) is 5.91 Å². The summed E-state index contributed by atoms with van der Waals surface area (Å²) in [5.74, 6) is 1.13. The number of anilines is 1. The van der Waals surface area contributed by atoms with Crippen LogP contribution in [0.2, 0.25) is 0 Å². The number of nitrogens with one attached hydrogen (secondary N) is 1. The second-order valence-corrected chi connectivity index (χ2v) is 9.81. The zero-order valence-corrected chi connectivity index (χ0v) is 20.8. The standard InChI is InChI=1S/C27H29N5O2S/c1-19-9-8-14-31(15-19)16-20-18-35-27(28-20)29-26(33)23-17-32(21-10-4-3-5-11-21)30-25(23)22-12-6-7-13-24(22)34-2/h3-7,10-13,17-19H,8-9,14-16H2,1-2H3,(H,28,29,33). The summed E-state index contributed by atoms with van der Waals surface area (Å²) in [5, 5.41) is 10.4. The Morgan fingerprint density at radius 2 is 1.97 bits per heavy atom. The van der Waals surface area contributed by atoms with E-state index in [0.717, 1.165) is 42.5 Å². The third-order valence-corrected chi connectivity index (χ3v) is 7.05. The Morgan fingerprint density at radius 1 is 1.17 bits per heavy atom. The van der Waals surface area contributed by atoms with E-state index in [4.69, 9.17) is 9.84 Å². The zero-order valence-electron chi connectivity index (χ0n) is 20.0. The number of piperidine rings is 1. The Morgan fingerprint density at radius 3 is 2.77 bits per heavy atom. The molecule has 4 aromatic rings. The van der Waals surface area contributed by atoms with Crippen molar-refractivity contribution in [1.82, 2.24) is 19.7 Å². The van der Waals surface area contributed by atoms with Gasteiger partial charge in [-0.2, -0.15) is 5.10 Å². The van der Waals surface area contributed by atoms with Gasteiger partial charge in [-0.05, 0) is 49.6 Å². The molecule has 1 fully saturated rings. The van der Waals surface area contributed by atoms with Gasteiger partial charge >= 0.3 is 0 Å². The van der Waals surface area contributed by atoms with Gasteiger partial charge in [0.15, 0.2) is 5.13 Å². The molecule has 2 aromatic carbocycles. The first kappa shape index (κ1) is 23.3. The maximum Gasteiger partial charge on any atom is 0.261 e. The lowest BCUT2D eigenvalue weighted by atomic mass is 10.0. The van der Waals surface area contributed by atoms with Crippen LogP contribution in [-0.4, -0.2) is 45.8 Å². The highest BCUT2D eigenvalue weighted by atomic mass is 32.1. The summed E-state index contributed by atoms with van der Waals surface area (Å²) in [6, 6.07) is 17.3. The fourth-order valence-corrected chi connectivity index (χ4v) is 5.25. The molecule has 1 amide bonds. The summed E-state index contributed by atoms with van der Waals surface area (Å²) in [7, 11) is 1.62. The molecule has 0 spiro atoms. The van der Waals surface area contributed by atoms with Crippen molar-refractivity contribution >= 4 is 22.4 Å². The van der Waals surface area contributed by atoms with Crippen LogP contribution in [0.1, 0.15) is 35.8 Å². The first-order chi connectivity index (χ1) is 17.1. The lowest BCUT2D eigenvalue weighted by Crippen LogP contribution is -2.33. The first-order valence-electron chi connectivity index (χ1n) is 11.9. The molecule has 5 rings (SSSR count). The van der Waals surface area contributed by atoms with Crippen LogP contribution in [0.5, 0.6) is 5.75 Å². The molecule has 1 unspecified atom stereocenters. The first-order valence-corrected chi connectivity index (χ1v) is 12.8. The number of amides is 1. The van der Waals surface area contributed by atoms with Gasteiger partial charge in [0.2, 0.25) is 0 Å². The Bertz CT molecular complexity index is 1300. The summed E-state index contributed by atoms with van der Waals surface area (Å²) in [6.07, 6.45) is 4.28. The van der Waals surface area contributed by atoms with Crippen molar-refractivity contribution < 1.29 is 9.53 Å². The number of carbonyl (C=O) groups is 1. The second kappa shape index (κ2) is 10.4. The molecule has 1 atom stereocenters. The molecule has 7 nitrogen and oxygen atoms in total. The highest BCUT2D eigenvalue weighted by molar-refractivity contribution is 7.14. The van der Waals surface area contributed by atoms with E-state index in [1.807, 2.05) is 60.0 Å². The summed E-state index contributed by atoms with van der Waals surface area (Å²) in [4.78, 5) is 20.6.